The number of benzene rings is 3. The number of carbonyl (C=O) groups is 4. The topological polar surface area (TPSA) is 90.0 Å². The van der Waals surface area contributed by atoms with Crippen molar-refractivity contribution in [3.05, 3.63) is 93.4 Å². The standard InChI is InChI=1S/C26H19BrClNO6/c27-19-9-5-17(6-10-19)26(33)35-20-11-7-16(8-12-20)23(30)15-34-25(32)18-13-24(31)29(14-18)22-4-2-1-3-21(22)28/h1-12,18H,13-15H2/t18-/m1/s1. The van der Waals surface area contributed by atoms with Crippen LogP contribution in [-0.4, -0.2) is 36.8 Å². The van der Waals surface area contributed by atoms with Crippen molar-refractivity contribution in [2.75, 3.05) is 18.1 Å². The molecule has 1 heterocycles. The van der Waals surface area contributed by atoms with Crippen LogP contribution in [0, 0.1) is 5.92 Å². The molecule has 4 rings (SSSR count). The molecule has 35 heavy (non-hydrogen) atoms. The second kappa shape index (κ2) is 10.8. The molecule has 1 aliphatic rings. The molecule has 9 heteroatoms. The summed E-state index contributed by atoms with van der Waals surface area (Å²) in [6, 6.07) is 19.6. The molecule has 0 aromatic heterocycles. The number of esters is 2. The molecule has 7 nitrogen and oxygen atoms in total. The summed E-state index contributed by atoms with van der Waals surface area (Å²) < 4.78 is 11.3. The average molecular weight is 557 g/mol. The Balaban J connectivity index is 1.29. The van der Waals surface area contributed by atoms with E-state index in [1.54, 1.807) is 48.5 Å². The van der Waals surface area contributed by atoms with Gasteiger partial charge in [-0.05, 0) is 60.7 Å². The van der Waals surface area contributed by atoms with Crippen molar-refractivity contribution in [3.63, 3.8) is 0 Å². The van der Waals surface area contributed by atoms with Crippen molar-refractivity contribution in [2.24, 2.45) is 5.92 Å². The lowest BCUT2D eigenvalue weighted by molar-refractivity contribution is -0.147. The Labute approximate surface area is 214 Å². The van der Waals surface area contributed by atoms with E-state index in [1.165, 1.54) is 29.2 Å². The summed E-state index contributed by atoms with van der Waals surface area (Å²) in [7, 11) is 0. The molecule has 0 saturated carbocycles. The van der Waals surface area contributed by atoms with E-state index in [2.05, 4.69) is 15.9 Å². The molecule has 1 saturated heterocycles. The predicted molar refractivity (Wildman–Crippen MR) is 133 cm³/mol. The van der Waals surface area contributed by atoms with Crippen molar-refractivity contribution in [1.29, 1.82) is 0 Å². The van der Waals surface area contributed by atoms with E-state index in [4.69, 9.17) is 21.1 Å². The lowest BCUT2D eigenvalue weighted by Crippen LogP contribution is -2.27. The molecule has 1 fully saturated rings. The van der Waals surface area contributed by atoms with Crippen LogP contribution in [0.15, 0.2) is 77.3 Å². The van der Waals surface area contributed by atoms with Crippen LogP contribution in [0.3, 0.4) is 0 Å². The second-order valence-corrected chi connectivity index (χ2v) is 9.13. The first-order valence-corrected chi connectivity index (χ1v) is 11.8. The molecule has 1 atom stereocenters. The highest BCUT2D eigenvalue weighted by molar-refractivity contribution is 9.10. The Morgan fingerprint density at radius 3 is 2.29 bits per heavy atom. The van der Waals surface area contributed by atoms with Crippen molar-refractivity contribution in [1.82, 2.24) is 0 Å². The molecule has 0 radical (unpaired) electrons. The first-order chi connectivity index (χ1) is 16.8. The normalized spacial score (nSPS) is 15.1. The fourth-order valence-electron chi connectivity index (χ4n) is 3.57. The monoisotopic (exact) mass is 555 g/mol. The highest BCUT2D eigenvalue weighted by Gasteiger charge is 2.37. The van der Waals surface area contributed by atoms with Crippen LogP contribution in [0.25, 0.3) is 0 Å². The summed E-state index contributed by atoms with van der Waals surface area (Å²) in [5.74, 6) is -2.22. The third-order valence-corrected chi connectivity index (χ3v) is 6.26. The molecule has 178 valence electrons. The highest BCUT2D eigenvalue weighted by Crippen LogP contribution is 2.31. The SMILES string of the molecule is O=C(COC(=O)[C@@H]1CC(=O)N(c2ccccc2Cl)C1)c1ccc(OC(=O)c2ccc(Br)cc2)cc1. The van der Waals surface area contributed by atoms with Gasteiger partial charge in [0.05, 0.1) is 22.2 Å². The smallest absolute Gasteiger partial charge is 0.343 e. The fraction of sp³-hybridized carbons (Fsp3) is 0.154. The molecule has 1 aliphatic heterocycles. The second-order valence-electron chi connectivity index (χ2n) is 7.81. The van der Waals surface area contributed by atoms with E-state index in [1.807, 2.05) is 0 Å². The minimum atomic E-state index is -0.688. The number of ketones is 1. The number of halogens is 2. The first-order valence-electron chi connectivity index (χ1n) is 10.6. The van der Waals surface area contributed by atoms with Crippen LogP contribution in [0.4, 0.5) is 5.69 Å². The van der Waals surface area contributed by atoms with Crippen molar-refractivity contribution >= 4 is 56.8 Å². The van der Waals surface area contributed by atoms with Gasteiger partial charge in [0.1, 0.15) is 5.75 Å². The Kier molecular flexibility index (Phi) is 7.63. The molecule has 0 aliphatic carbocycles. The van der Waals surface area contributed by atoms with Crippen molar-refractivity contribution in [3.8, 4) is 5.75 Å². The minimum Gasteiger partial charge on any atom is -0.457 e. The quantitative estimate of drug-likeness (QED) is 0.229. The van der Waals surface area contributed by atoms with Crippen molar-refractivity contribution < 1.29 is 28.7 Å². The molecule has 0 unspecified atom stereocenters. The summed E-state index contributed by atoms with van der Waals surface area (Å²) in [6.07, 6.45) is -0.0172. The Bertz CT molecular complexity index is 1280. The lowest BCUT2D eigenvalue weighted by atomic mass is 10.1. The van der Waals surface area contributed by atoms with E-state index in [-0.39, 0.29) is 24.6 Å². The number of Topliss-reactive ketones (excluding diaryl/α,β-unsaturated/α-hetero) is 1. The maximum Gasteiger partial charge on any atom is 0.343 e. The number of ether oxygens (including phenoxy) is 2. The number of nitrogens with zero attached hydrogens (tertiary/aromatic N) is 1. The van der Waals surface area contributed by atoms with Crippen LogP contribution < -0.4 is 9.64 Å². The Morgan fingerprint density at radius 1 is 0.943 bits per heavy atom. The number of para-hydroxylation sites is 1. The summed E-state index contributed by atoms with van der Waals surface area (Å²) in [6.45, 7) is -0.332. The molecule has 3 aromatic rings. The largest absolute Gasteiger partial charge is 0.457 e. The molecule has 0 bridgehead atoms. The van der Waals surface area contributed by atoms with Gasteiger partial charge >= 0.3 is 11.9 Å². The number of amides is 1. The van der Waals surface area contributed by atoms with Gasteiger partial charge in [-0.15, -0.1) is 0 Å². The van der Waals surface area contributed by atoms with Gasteiger partial charge in [-0.2, -0.15) is 0 Å². The minimum absolute atomic E-state index is 0.0172. The number of carbonyl (C=O) groups excluding carboxylic acids is 4. The fourth-order valence-corrected chi connectivity index (χ4v) is 4.07. The van der Waals surface area contributed by atoms with Crippen LogP contribution in [0.5, 0.6) is 5.75 Å². The van der Waals surface area contributed by atoms with Crippen LogP contribution in [0.2, 0.25) is 5.02 Å². The zero-order valence-corrected chi connectivity index (χ0v) is 20.6. The third kappa shape index (κ3) is 5.96. The molecular formula is C26H19BrClNO6. The lowest BCUT2D eigenvalue weighted by Gasteiger charge is -2.17. The zero-order chi connectivity index (χ0) is 24.9. The maximum atomic E-state index is 12.5. The van der Waals surface area contributed by atoms with E-state index in [0.29, 0.717) is 21.8 Å². The van der Waals surface area contributed by atoms with Gasteiger partial charge in [0.25, 0.3) is 0 Å². The maximum absolute atomic E-state index is 12.5. The number of hydrogen-bond acceptors (Lipinski definition) is 6. The van der Waals surface area contributed by atoms with Crippen LogP contribution >= 0.6 is 27.5 Å². The van der Waals surface area contributed by atoms with Gasteiger partial charge in [0.15, 0.2) is 12.4 Å². The van der Waals surface area contributed by atoms with Crippen LogP contribution in [-0.2, 0) is 14.3 Å². The van der Waals surface area contributed by atoms with Gasteiger partial charge in [0.2, 0.25) is 5.91 Å². The van der Waals surface area contributed by atoms with E-state index < -0.39 is 30.2 Å². The van der Waals surface area contributed by atoms with Gasteiger partial charge in [-0.25, -0.2) is 4.79 Å². The summed E-state index contributed by atoms with van der Waals surface area (Å²) in [4.78, 5) is 51.0. The van der Waals surface area contributed by atoms with Crippen LogP contribution in [0.1, 0.15) is 27.1 Å². The molecule has 0 spiro atoms. The summed E-state index contributed by atoms with van der Waals surface area (Å²) in [5.41, 5.74) is 1.21. The van der Waals surface area contributed by atoms with Gasteiger partial charge in [-0.3, -0.25) is 14.4 Å². The Morgan fingerprint density at radius 2 is 1.60 bits per heavy atom. The molecule has 0 N–H and O–H groups in total. The van der Waals surface area contributed by atoms with E-state index in [9.17, 15) is 19.2 Å². The van der Waals surface area contributed by atoms with Gasteiger partial charge in [0, 0.05) is 23.0 Å². The molecule has 1 amide bonds. The predicted octanol–water partition coefficient (Wildman–Crippen LogP) is 5.10. The van der Waals surface area contributed by atoms with E-state index in [0.717, 1.165) is 4.47 Å². The first kappa shape index (κ1) is 24.6. The van der Waals surface area contributed by atoms with E-state index >= 15 is 0 Å². The average Bonchev–Trinajstić information content (AvgIpc) is 3.25. The molecule has 3 aromatic carbocycles. The van der Waals surface area contributed by atoms with Crippen molar-refractivity contribution in [2.45, 2.75) is 6.42 Å². The highest BCUT2D eigenvalue weighted by atomic mass is 79.9. The number of hydrogen-bond donors (Lipinski definition) is 0. The molecular weight excluding hydrogens is 538 g/mol. The Hall–Kier alpha value is -3.49. The van der Waals surface area contributed by atoms with Gasteiger partial charge < -0.3 is 14.4 Å². The number of anilines is 1. The summed E-state index contributed by atoms with van der Waals surface area (Å²) in [5, 5.41) is 0.413. The zero-order valence-electron chi connectivity index (χ0n) is 18.3. The third-order valence-electron chi connectivity index (χ3n) is 5.41. The summed E-state index contributed by atoms with van der Waals surface area (Å²) >= 11 is 9.46. The number of rotatable bonds is 7. The van der Waals surface area contributed by atoms with Gasteiger partial charge in [-0.1, -0.05) is 39.7 Å².